The zero-order valence-corrected chi connectivity index (χ0v) is 12.2. The van der Waals surface area contributed by atoms with Gasteiger partial charge in [-0.05, 0) is 24.6 Å². The average molecular weight is 285 g/mol. The standard InChI is InChI=1S/C14H20FNO2S/c1-3-8-16-10-11-5-4-6-12(15)14(11)19-9-7-13(17)18-2/h4-6,16H,3,7-10H2,1-2H3. The second-order valence-corrected chi connectivity index (χ2v) is 5.18. The van der Waals surface area contributed by atoms with Gasteiger partial charge in [0.2, 0.25) is 0 Å². The summed E-state index contributed by atoms with van der Waals surface area (Å²) >= 11 is 1.36. The number of hydrogen-bond donors (Lipinski definition) is 1. The first-order valence-corrected chi connectivity index (χ1v) is 7.35. The molecule has 106 valence electrons. The van der Waals surface area contributed by atoms with Gasteiger partial charge in [0.15, 0.2) is 0 Å². The van der Waals surface area contributed by atoms with E-state index in [0.29, 0.717) is 17.2 Å². The number of hydrogen-bond acceptors (Lipinski definition) is 4. The Labute approximate surface area is 117 Å². The zero-order valence-electron chi connectivity index (χ0n) is 11.4. The Balaban J connectivity index is 2.61. The zero-order chi connectivity index (χ0) is 14.1. The topological polar surface area (TPSA) is 38.3 Å². The minimum absolute atomic E-state index is 0.231. The van der Waals surface area contributed by atoms with Crippen molar-refractivity contribution in [1.82, 2.24) is 5.32 Å². The van der Waals surface area contributed by atoms with Crippen molar-refractivity contribution in [2.24, 2.45) is 0 Å². The van der Waals surface area contributed by atoms with Crippen molar-refractivity contribution in [2.75, 3.05) is 19.4 Å². The summed E-state index contributed by atoms with van der Waals surface area (Å²) in [6, 6.07) is 5.07. The molecule has 0 atom stereocenters. The van der Waals surface area contributed by atoms with E-state index in [1.54, 1.807) is 6.07 Å². The lowest BCUT2D eigenvalue weighted by Gasteiger charge is -2.10. The highest BCUT2D eigenvalue weighted by molar-refractivity contribution is 7.99. The molecule has 0 heterocycles. The van der Waals surface area contributed by atoms with E-state index in [0.717, 1.165) is 18.5 Å². The second kappa shape index (κ2) is 8.93. The fourth-order valence-electron chi connectivity index (χ4n) is 1.59. The van der Waals surface area contributed by atoms with E-state index in [2.05, 4.69) is 17.0 Å². The summed E-state index contributed by atoms with van der Waals surface area (Å²) in [5.41, 5.74) is 0.934. The molecule has 0 amide bonds. The van der Waals surface area contributed by atoms with Crippen molar-refractivity contribution in [3.05, 3.63) is 29.6 Å². The van der Waals surface area contributed by atoms with Gasteiger partial charge < -0.3 is 10.1 Å². The number of carbonyl (C=O) groups excluding carboxylic acids is 1. The third-order valence-electron chi connectivity index (χ3n) is 2.57. The summed E-state index contributed by atoms with van der Waals surface area (Å²) in [6.45, 7) is 3.64. The maximum absolute atomic E-state index is 13.8. The highest BCUT2D eigenvalue weighted by Crippen LogP contribution is 2.26. The second-order valence-electron chi connectivity index (χ2n) is 4.08. The Hall–Kier alpha value is -1.07. The average Bonchev–Trinajstić information content (AvgIpc) is 2.41. The normalized spacial score (nSPS) is 10.5. The Morgan fingerprint density at radius 3 is 2.95 bits per heavy atom. The molecule has 1 aromatic rings. The summed E-state index contributed by atoms with van der Waals surface area (Å²) < 4.78 is 18.4. The summed E-state index contributed by atoms with van der Waals surface area (Å²) in [4.78, 5) is 11.7. The van der Waals surface area contributed by atoms with Crippen LogP contribution in [0.4, 0.5) is 4.39 Å². The Bertz CT molecular complexity index is 412. The first-order valence-electron chi connectivity index (χ1n) is 6.36. The van der Waals surface area contributed by atoms with Gasteiger partial charge in [-0.2, -0.15) is 0 Å². The van der Waals surface area contributed by atoms with E-state index in [9.17, 15) is 9.18 Å². The van der Waals surface area contributed by atoms with E-state index in [4.69, 9.17) is 0 Å². The fourth-order valence-corrected chi connectivity index (χ4v) is 2.60. The molecule has 0 saturated carbocycles. The first kappa shape index (κ1) is 16.0. The maximum atomic E-state index is 13.8. The largest absolute Gasteiger partial charge is 0.469 e. The van der Waals surface area contributed by atoms with Crippen LogP contribution in [0.25, 0.3) is 0 Å². The van der Waals surface area contributed by atoms with Crippen molar-refractivity contribution in [2.45, 2.75) is 31.2 Å². The van der Waals surface area contributed by atoms with Gasteiger partial charge in [0, 0.05) is 17.2 Å². The summed E-state index contributed by atoms with van der Waals surface area (Å²) in [5.74, 6) is 0.0224. The lowest BCUT2D eigenvalue weighted by Crippen LogP contribution is -2.14. The van der Waals surface area contributed by atoms with E-state index < -0.39 is 0 Å². The Kier molecular flexibility index (Phi) is 7.52. The smallest absolute Gasteiger partial charge is 0.306 e. The quantitative estimate of drug-likeness (QED) is 0.453. The molecule has 0 aromatic heterocycles. The highest BCUT2D eigenvalue weighted by atomic mass is 32.2. The van der Waals surface area contributed by atoms with Gasteiger partial charge in [-0.3, -0.25) is 4.79 Å². The number of esters is 1. The molecule has 0 bridgehead atoms. The van der Waals surface area contributed by atoms with Crippen LogP contribution in [0.5, 0.6) is 0 Å². The molecule has 0 aliphatic rings. The molecule has 1 aromatic carbocycles. The molecule has 0 radical (unpaired) electrons. The number of thioether (sulfide) groups is 1. The fraction of sp³-hybridized carbons (Fsp3) is 0.500. The van der Waals surface area contributed by atoms with Crippen molar-refractivity contribution in [3.8, 4) is 0 Å². The van der Waals surface area contributed by atoms with Crippen LogP contribution in [0.1, 0.15) is 25.3 Å². The molecule has 19 heavy (non-hydrogen) atoms. The molecule has 0 fully saturated rings. The number of ether oxygens (including phenoxy) is 1. The number of benzene rings is 1. The minimum Gasteiger partial charge on any atom is -0.469 e. The molecular weight excluding hydrogens is 265 g/mol. The number of halogens is 1. The van der Waals surface area contributed by atoms with Gasteiger partial charge in [0.05, 0.1) is 13.5 Å². The summed E-state index contributed by atoms with van der Waals surface area (Å²) in [5, 5.41) is 3.26. The number of nitrogens with one attached hydrogen (secondary N) is 1. The first-order chi connectivity index (χ1) is 9.19. The number of methoxy groups -OCH3 is 1. The van der Waals surface area contributed by atoms with Crippen LogP contribution in [-0.2, 0) is 16.1 Å². The van der Waals surface area contributed by atoms with Crippen molar-refractivity contribution in [1.29, 1.82) is 0 Å². The van der Waals surface area contributed by atoms with Gasteiger partial charge in [-0.15, -0.1) is 11.8 Å². The molecule has 0 saturated heterocycles. The highest BCUT2D eigenvalue weighted by Gasteiger charge is 2.10. The lowest BCUT2D eigenvalue weighted by atomic mass is 10.2. The SMILES string of the molecule is CCCNCc1cccc(F)c1SCCC(=O)OC. The van der Waals surface area contributed by atoms with Crippen molar-refractivity contribution in [3.63, 3.8) is 0 Å². The molecule has 0 aliphatic carbocycles. The van der Waals surface area contributed by atoms with Crippen LogP contribution in [0.2, 0.25) is 0 Å². The van der Waals surface area contributed by atoms with E-state index in [1.165, 1.54) is 24.9 Å². The molecule has 0 spiro atoms. The molecule has 0 unspecified atom stereocenters. The lowest BCUT2D eigenvalue weighted by molar-refractivity contribution is -0.140. The third kappa shape index (κ3) is 5.61. The van der Waals surface area contributed by atoms with Crippen LogP contribution in [0.15, 0.2) is 23.1 Å². The van der Waals surface area contributed by atoms with Gasteiger partial charge in [0.25, 0.3) is 0 Å². The number of rotatable bonds is 8. The predicted molar refractivity (Wildman–Crippen MR) is 75.8 cm³/mol. The van der Waals surface area contributed by atoms with E-state index in [1.807, 2.05) is 6.07 Å². The van der Waals surface area contributed by atoms with Crippen molar-refractivity contribution < 1.29 is 13.9 Å². The minimum atomic E-state index is -0.269. The maximum Gasteiger partial charge on any atom is 0.306 e. The van der Waals surface area contributed by atoms with Gasteiger partial charge in [-0.1, -0.05) is 19.1 Å². The van der Waals surface area contributed by atoms with E-state index in [-0.39, 0.29) is 18.2 Å². The van der Waals surface area contributed by atoms with Crippen molar-refractivity contribution >= 4 is 17.7 Å². The Morgan fingerprint density at radius 1 is 1.47 bits per heavy atom. The molecule has 5 heteroatoms. The van der Waals surface area contributed by atoms with E-state index >= 15 is 0 Å². The van der Waals surface area contributed by atoms with Crippen LogP contribution in [-0.4, -0.2) is 25.4 Å². The molecule has 3 nitrogen and oxygen atoms in total. The molecule has 1 N–H and O–H groups in total. The van der Waals surface area contributed by atoms with Crippen LogP contribution >= 0.6 is 11.8 Å². The van der Waals surface area contributed by atoms with Crippen LogP contribution in [0, 0.1) is 5.82 Å². The third-order valence-corrected chi connectivity index (χ3v) is 3.73. The Morgan fingerprint density at radius 2 is 2.26 bits per heavy atom. The summed E-state index contributed by atoms with van der Waals surface area (Å²) in [7, 11) is 1.36. The van der Waals surface area contributed by atoms with Gasteiger partial charge >= 0.3 is 5.97 Å². The predicted octanol–water partition coefficient (Wildman–Crippen LogP) is 2.98. The van der Waals surface area contributed by atoms with Crippen LogP contribution < -0.4 is 5.32 Å². The number of carbonyl (C=O) groups is 1. The molecule has 1 rings (SSSR count). The van der Waals surface area contributed by atoms with Crippen LogP contribution in [0.3, 0.4) is 0 Å². The van der Waals surface area contributed by atoms with Gasteiger partial charge in [0.1, 0.15) is 5.82 Å². The summed E-state index contributed by atoms with van der Waals surface area (Å²) in [6.07, 6.45) is 1.33. The van der Waals surface area contributed by atoms with Gasteiger partial charge in [-0.25, -0.2) is 4.39 Å². The molecular formula is C14H20FNO2S. The monoisotopic (exact) mass is 285 g/mol. The molecule has 0 aliphatic heterocycles.